The van der Waals surface area contributed by atoms with E-state index in [1.807, 2.05) is 0 Å². The Hall–Kier alpha value is 0.680. The van der Waals surface area contributed by atoms with Crippen LogP contribution in [-0.2, 0) is 0 Å². The van der Waals surface area contributed by atoms with Gasteiger partial charge in [0.2, 0.25) is 0 Å². The molecule has 1 aromatic carbocycles. The van der Waals surface area contributed by atoms with Crippen LogP contribution in [0.2, 0.25) is 5.02 Å². The van der Waals surface area contributed by atoms with Crippen LogP contribution in [0, 0.1) is 5.82 Å². The van der Waals surface area contributed by atoms with E-state index in [2.05, 4.69) is 15.9 Å². The normalized spacial score (nSPS) is 8.25. The predicted molar refractivity (Wildman–Crippen MR) is 45.5 cm³/mol. The summed E-state index contributed by atoms with van der Waals surface area (Å²) in [6, 6.07) is 3.04. The maximum Gasteiger partial charge on any atom is 1.00 e. The van der Waals surface area contributed by atoms with Gasteiger partial charge in [0.15, 0.2) is 5.82 Å². The molecule has 0 bridgehead atoms. The number of nitrogens with two attached hydrogens (primary N) is 1. The Labute approximate surface area is 105 Å². The van der Waals surface area contributed by atoms with E-state index < -0.39 is 5.82 Å². The first-order valence-electron chi connectivity index (χ1n) is 2.52. The van der Waals surface area contributed by atoms with Gasteiger partial charge in [0.25, 0.3) is 0 Å². The SMILES string of the molecule is Nc1c(Cl)ccc(Br)c1F.[Na+].[OH-]. The molecule has 62 valence electrons. The molecular formula is C6H5BrClFNNaO. The molecule has 0 fully saturated rings. The first-order valence-corrected chi connectivity index (χ1v) is 3.69. The molecule has 0 aliphatic carbocycles. The van der Waals surface area contributed by atoms with Crippen molar-refractivity contribution in [3.05, 3.63) is 27.4 Å². The number of nitrogen functional groups attached to an aromatic ring is 1. The minimum atomic E-state index is -0.507. The van der Waals surface area contributed by atoms with Crippen LogP contribution < -0.4 is 35.3 Å². The van der Waals surface area contributed by atoms with E-state index >= 15 is 0 Å². The molecule has 3 N–H and O–H groups in total. The molecule has 2 nitrogen and oxygen atoms in total. The van der Waals surface area contributed by atoms with E-state index in [1.54, 1.807) is 0 Å². The van der Waals surface area contributed by atoms with E-state index in [-0.39, 0.29) is 45.7 Å². The summed E-state index contributed by atoms with van der Waals surface area (Å²) in [5, 5.41) is 0.237. The molecule has 0 spiro atoms. The van der Waals surface area contributed by atoms with Crippen LogP contribution in [0.15, 0.2) is 16.6 Å². The molecular weight excluding hydrogens is 259 g/mol. The van der Waals surface area contributed by atoms with Gasteiger partial charge in [-0.3, -0.25) is 0 Å². The van der Waals surface area contributed by atoms with E-state index in [9.17, 15) is 4.39 Å². The quantitative estimate of drug-likeness (QED) is 0.396. The number of rotatable bonds is 0. The van der Waals surface area contributed by atoms with E-state index in [4.69, 9.17) is 17.3 Å². The number of halogens is 3. The second-order valence-corrected chi connectivity index (χ2v) is 3.02. The summed E-state index contributed by atoms with van der Waals surface area (Å²) in [6.45, 7) is 0. The fourth-order valence-corrected chi connectivity index (χ4v) is 1.03. The van der Waals surface area contributed by atoms with E-state index in [0.717, 1.165) is 0 Å². The van der Waals surface area contributed by atoms with Crippen LogP contribution in [0.5, 0.6) is 0 Å². The Morgan fingerprint density at radius 2 is 1.92 bits per heavy atom. The largest absolute Gasteiger partial charge is 1.00 e. The van der Waals surface area contributed by atoms with Crippen molar-refractivity contribution < 1.29 is 39.4 Å². The van der Waals surface area contributed by atoms with Gasteiger partial charge in [-0.1, -0.05) is 11.6 Å². The molecule has 12 heavy (non-hydrogen) atoms. The van der Waals surface area contributed by atoms with Crippen molar-refractivity contribution >= 4 is 33.2 Å². The summed E-state index contributed by atoms with van der Waals surface area (Å²) >= 11 is 8.47. The minimum Gasteiger partial charge on any atom is -0.870 e. The first kappa shape index (κ1) is 15.2. The third-order valence-corrected chi connectivity index (χ3v) is 2.02. The average Bonchev–Trinajstić information content (AvgIpc) is 1.93. The smallest absolute Gasteiger partial charge is 0.870 e. The zero-order chi connectivity index (χ0) is 7.72. The van der Waals surface area contributed by atoms with Gasteiger partial charge in [0, 0.05) is 0 Å². The van der Waals surface area contributed by atoms with Crippen molar-refractivity contribution in [3.8, 4) is 0 Å². The van der Waals surface area contributed by atoms with Gasteiger partial charge in [-0.2, -0.15) is 0 Å². The molecule has 0 amide bonds. The Balaban J connectivity index is 0. The molecule has 0 aliphatic rings. The van der Waals surface area contributed by atoms with Gasteiger partial charge in [-0.25, -0.2) is 4.39 Å². The van der Waals surface area contributed by atoms with Crippen LogP contribution in [0.3, 0.4) is 0 Å². The zero-order valence-electron chi connectivity index (χ0n) is 6.31. The number of hydrogen-bond donors (Lipinski definition) is 1. The first-order chi connectivity index (χ1) is 4.63. The van der Waals surface area contributed by atoms with Crippen LogP contribution in [0.1, 0.15) is 0 Å². The van der Waals surface area contributed by atoms with Gasteiger partial charge in [0.05, 0.1) is 15.2 Å². The Morgan fingerprint density at radius 3 is 2.33 bits per heavy atom. The molecule has 6 heteroatoms. The van der Waals surface area contributed by atoms with Crippen molar-refractivity contribution in [2.75, 3.05) is 5.73 Å². The molecule has 0 aromatic heterocycles. The van der Waals surface area contributed by atoms with Crippen molar-refractivity contribution in [2.24, 2.45) is 0 Å². The zero-order valence-corrected chi connectivity index (χ0v) is 10.7. The Kier molecular flexibility index (Phi) is 7.81. The fourth-order valence-electron chi connectivity index (χ4n) is 0.543. The number of benzene rings is 1. The molecule has 0 heterocycles. The maximum atomic E-state index is 12.7. The van der Waals surface area contributed by atoms with E-state index in [1.165, 1.54) is 12.1 Å². The minimum absolute atomic E-state index is 0. The summed E-state index contributed by atoms with van der Waals surface area (Å²) in [5.74, 6) is -0.507. The second-order valence-electron chi connectivity index (χ2n) is 1.76. The summed E-state index contributed by atoms with van der Waals surface area (Å²) in [6.07, 6.45) is 0. The molecule has 0 saturated carbocycles. The molecule has 1 aromatic rings. The van der Waals surface area contributed by atoms with Gasteiger partial charge < -0.3 is 11.2 Å². The number of hydrogen-bond acceptors (Lipinski definition) is 2. The van der Waals surface area contributed by atoms with Crippen molar-refractivity contribution in [1.29, 1.82) is 0 Å². The van der Waals surface area contributed by atoms with Crippen molar-refractivity contribution in [3.63, 3.8) is 0 Å². The summed E-state index contributed by atoms with van der Waals surface area (Å²) in [4.78, 5) is 0. The molecule has 0 saturated heterocycles. The third-order valence-electron chi connectivity index (χ3n) is 1.08. The monoisotopic (exact) mass is 263 g/mol. The molecule has 1 rings (SSSR count). The third kappa shape index (κ3) is 3.20. The van der Waals surface area contributed by atoms with Gasteiger partial charge >= 0.3 is 29.6 Å². The summed E-state index contributed by atoms with van der Waals surface area (Å²) in [7, 11) is 0. The molecule has 0 atom stereocenters. The van der Waals surface area contributed by atoms with Crippen LogP contribution in [0.25, 0.3) is 0 Å². The standard InChI is InChI=1S/C6H4BrClFN.Na.H2O/c7-3-1-2-4(8)6(10)5(3)9;;/h1-2H,10H2;;1H2/q;+1;/p-1. The summed E-state index contributed by atoms with van der Waals surface area (Å²) in [5.41, 5.74) is 5.23. The van der Waals surface area contributed by atoms with Crippen molar-refractivity contribution in [2.45, 2.75) is 0 Å². The van der Waals surface area contributed by atoms with Crippen LogP contribution in [-0.4, -0.2) is 5.48 Å². The molecule has 0 unspecified atom stereocenters. The summed E-state index contributed by atoms with van der Waals surface area (Å²) < 4.78 is 13.1. The predicted octanol–water partition coefficient (Wildman–Crippen LogP) is -0.349. The number of anilines is 1. The second kappa shape index (κ2) is 6.18. The Morgan fingerprint density at radius 1 is 1.42 bits per heavy atom. The van der Waals surface area contributed by atoms with Crippen LogP contribution in [0.4, 0.5) is 10.1 Å². The maximum absolute atomic E-state index is 12.7. The molecule has 0 aliphatic heterocycles. The van der Waals surface area contributed by atoms with Gasteiger partial charge in [-0.05, 0) is 28.1 Å². The fraction of sp³-hybridized carbons (Fsp3) is 0. The van der Waals surface area contributed by atoms with Gasteiger partial charge in [-0.15, -0.1) is 0 Å². The molecule has 0 radical (unpaired) electrons. The average molecular weight is 264 g/mol. The van der Waals surface area contributed by atoms with Crippen molar-refractivity contribution in [1.82, 2.24) is 0 Å². The van der Waals surface area contributed by atoms with Crippen LogP contribution >= 0.6 is 27.5 Å². The van der Waals surface area contributed by atoms with E-state index in [0.29, 0.717) is 4.47 Å². The van der Waals surface area contributed by atoms with Gasteiger partial charge in [0.1, 0.15) is 0 Å². The Bertz CT molecular complexity index is 247. The topological polar surface area (TPSA) is 56.0 Å².